The van der Waals surface area contributed by atoms with Crippen LogP contribution in [0.15, 0.2) is 12.7 Å². The lowest BCUT2D eigenvalue weighted by Crippen LogP contribution is -2.48. The predicted molar refractivity (Wildman–Crippen MR) is 54.5 cm³/mol. The molecule has 86 valence electrons. The molecule has 0 aromatic heterocycles. The van der Waals surface area contributed by atoms with Crippen LogP contribution < -0.4 is 10.6 Å². The predicted octanol–water partition coefficient (Wildman–Crippen LogP) is -0.304. The van der Waals surface area contributed by atoms with Crippen LogP contribution >= 0.6 is 0 Å². The molecule has 0 radical (unpaired) electrons. The maximum atomic E-state index is 11.2. The van der Waals surface area contributed by atoms with Crippen molar-refractivity contribution in [1.82, 2.24) is 10.6 Å². The molecule has 0 aliphatic heterocycles. The summed E-state index contributed by atoms with van der Waals surface area (Å²) >= 11 is 0. The molecule has 0 aromatic carbocycles. The summed E-state index contributed by atoms with van der Waals surface area (Å²) in [7, 11) is 0. The van der Waals surface area contributed by atoms with E-state index in [2.05, 4.69) is 17.2 Å². The summed E-state index contributed by atoms with van der Waals surface area (Å²) in [4.78, 5) is 21.8. The molecule has 0 saturated heterocycles. The van der Waals surface area contributed by atoms with Crippen molar-refractivity contribution in [3.63, 3.8) is 0 Å². The number of carbonyl (C=O) groups excluding carboxylic acids is 1. The quantitative estimate of drug-likeness (QED) is 0.458. The van der Waals surface area contributed by atoms with E-state index in [1.54, 1.807) is 6.92 Å². The first kappa shape index (κ1) is 13.4. The van der Waals surface area contributed by atoms with Crippen LogP contribution in [0.3, 0.4) is 0 Å². The van der Waals surface area contributed by atoms with Crippen LogP contribution in [0.5, 0.6) is 0 Å². The van der Waals surface area contributed by atoms with Crippen LogP contribution in [0.4, 0.5) is 4.79 Å². The topological polar surface area (TPSA) is 98.7 Å². The normalized spacial score (nSPS) is 13.7. The lowest BCUT2D eigenvalue weighted by molar-refractivity contribution is -0.139. The zero-order chi connectivity index (χ0) is 11.8. The largest absolute Gasteiger partial charge is 0.480 e. The molecule has 6 heteroatoms. The number of rotatable bonds is 6. The first-order valence-corrected chi connectivity index (χ1v) is 4.54. The van der Waals surface area contributed by atoms with Crippen molar-refractivity contribution in [3.05, 3.63) is 12.7 Å². The second-order valence-electron chi connectivity index (χ2n) is 3.05. The Morgan fingerprint density at radius 3 is 2.47 bits per heavy atom. The highest BCUT2D eigenvalue weighted by atomic mass is 16.4. The molecule has 0 saturated carbocycles. The van der Waals surface area contributed by atoms with E-state index in [-0.39, 0.29) is 19.1 Å². The highest BCUT2D eigenvalue weighted by Crippen LogP contribution is 1.91. The molecule has 15 heavy (non-hydrogen) atoms. The number of aliphatic hydroxyl groups is 1. The van der Waals surface area contributed by atoms with Gasteiger partial charge in [-0.3, -0.25) is 0 Å². The van der Waals surface area contributed by atoms with Gasteiger partial charge in [0.05, 0.1) is 0 Å². The SMILES string of the molecule is C=CC(C)NC(=O)NC(CCO)C(=O)O. The number of carboxylic acid groups (broad SMARTS) is 1. The molecule has 0 heterocycles. The maximum absolute atomic E-state index is 11.2. The summed E-state index contributed by atoms with van der Waals surface area (Å²) < 4.78 is 0. The van der Waals surface area contributed by atoms with E-state index < -0.39 is 18.0 Å². The fourth-order valence-electron chi connectivity index (χ4n) is 0.852. The third kappa shape index (κ3) is 5.69. The molecular weight excluding hydrogens is 200 g/mol. The Morgan fingerprint density at radius 2 is 2.07 bits per heavy atom. The molecule has 0 fully saturated rings. The van der Waals surface area contributed by atoms with Gasteiger partial charge in [0.2, 0.25) is 0 Å². The number of aliphatic hydroxyl groups excluding tert-OH is 1. The fraction of sp³-hybridized carbons (Fsp3) is 0.556. The maximum Gasteiger partial charge on any atom is 0.326 e. The van der Waals surface area contributed by atoms with E-state index in [1.807, 2.05) is 0 Å². The van der Waals surface area contributed by atoms with Gasteiger partial charge in [-0.1, -0.05) is 6.08 Å². The van der Waals surface area contributed by atoms with Crippen LogP contribution in [-0.2, 0) is 4.79 Å². The molecular formula is C9H16N2O4. The van der Waals surface area contributed by atoms with Crippen molar-refractivity contribution in [2.75, 3.05) is 6.61 Å². The molecule has 2 amide bonds. The minimum atomic E-state index is -1.18. The molecule has 2 unspecified atom stereocenters. The van der Waals surface area contributed by atoms with Crippen molar-refractivity contribution in [2.45, 2.75) is 25.4 Å². The second kappa shape index (κ2) is 6.83. The van der Waals surface area contributed by atoms with Gasteiger partial charge in [0.15, 0.2) is 0 Å². The standard InChI is InChI=1S/C9H16N2O4/c1-3-6(2)10-9(15)11-7(4-5-12)8(13)14/h3,6-7,12H,1,4-5H2,2H3,(H,13,14)(H2,10,11,15). The fourth-order valence-corrected chi connectivity index (χ4v) is 0.852. The molecule has 0 spiro atoms. The zero-order valence-electron chi connectivity index (χ0n) is 8.56. The molecule has 0 aliphatic rings. The van der Waals surface area contributed by atoms with Gasteiger partial charge < -0.3 is 20.8 Å². The number of hydrogen-bond donors (Lipinski definition) is 4. The average Bonchev–Trinajstić information content (AvgIpc) is 2.16. The van der Waals surface area contributed by atoms with Gasteiger partial charge in [0.1, 0.15) is 6.04 Å². The van der Waals surface area contributed by atoms with E-state index >= 15 is 0 Å². The van der Waals surface area contributed by atoms with Crippen molar-refractivity contribution < 1.29 is 19.8 Å². The minimum Gasteiger partial charge on any atom is -0.480 e. The van der Waals surface area contributed by atoms with Crippen LogP contribution in [-0.4, -0.2) is 40.9 Å². The number of amides is 2. The Hall–Kier alpha value is -1.56. The summed E-state index contributed by atoms with van der Waals surface area (Å²) in [5.41, 5.74) is 0. The van der Waals surface area contributed by atoms with Gasteiger partial charge in [-0.25, -0.2) is 9.59 Å². The summed E-state index contributed by atoms with van der Waals surface area (Å²) in [5.74, 6) is -1.18. The Balaban J connectivity index is 4.10. The number of aliphatic carboxylic acids is 1. The number of urea groups is 1. The third-order valence-corrected chi connectivity index (χ3v) is 1.73. The monoisotopic (exact) mass is 216 g/mol. The zero-order valence-corrected chi connectivity index (χ0v) is 8.56. The van der Waals surface area contributed by atoms with E-state index in [1.165, 1.54) is 6.08 Å². The number of carboxylic acids is 1. The van der Waals surface area contributed by atoms with Crippen molar-refractivity contribution in [1.29, 1.82) is 0 Å². The molecule has 0 rings (SSSR count). The van der Waals surface area contributed by atoms with Crippen molar-refractivity contribution >= 4 is 12.0 Å². The summed E-state index contributed by atoms with van der Waals surface area (Å²) in [6.07, 6.45) is 1.49. The first-order chi connectivity index (χ1) is 7.01. The lowest BCUT2D eigenvalue weighted by atomic mass is 10.2. The first-order valence-electron chi connectivity index (χ1n) is 4.54. The molecule has 0 aromatic rings. The van der Waals surface area contributed by atoms with Crippen LogP contribution in [0.1, 0.15) is 13.3 Å². The molecule has 2 atom stereocenters. The molecule has 4 N–H and O–H groups in total. The van der Waals surface area contributed by atoms with Crippen LogP contribution in [0, 0.1) is 0 Å². The molecule has 0 aliphatic carbocycles. The van der Waals surface area contributed by atoms with E-state index in [9.17, 15) is 9.59 Å². The van der Waals surface area contributed by atoms with E-state index in [4.69, 9.17) is 10.2 Å². The van der Waals surface area contributed by atoms with Crippen LogP contribution in [0.2, 0.25) is 0 Å². The Kier molecular flexibility index (Phi) is 6.12. The Morgan fingerprint density at radius 1 is 1.47 bits per heavy atom. The third-order valence-electron chi connectivity index (χ3n) is 1.73. The lowest BCUT2D eigenvalue weighted by Gasteiger charge is -2.15. The van der Waals surface area contributed by atoms with Gasteiger partial charge in [0, 0.05) is 19.1 Å². The van der Waals surface area contributed by atoms with Crippen LogP contribution in [0.25, 0.3) is 0 Å². The van der Waals surface area contributed by atoms with Gasteiger partial charge in [-0.05, 0) is 6.92 Å². The van der Waals surface area contributed by atoms with E-state index in [0.717, 1.165) is 0 Å². The van der Waals surface area contributed by atoms with Gasteiger partial charge >= 0.3 is 12.0 Å². The van der Waals surface area contributed by atoms with E-state index in [0.29, 0.717) is 0 Å². The number of hydrogen-bond acceptors (Lipinski definition) is 3. The second-order valence-corrected chi connectivity index (χ2v) is 3.05. The van der Waals surface area contributed by atoms with Gasteiger partial charge in [-0.2, -0.15) is 0 Å². The summed E-state index contributed by atoms with van der Waals surface area (Å²) in [6, 6.07) is -1.91. The van der Waals surface area contributed by atoms with Gasteiger partial charge in [-0.15, -0.1) is 6.58 Å². The number of nitrogens with one attached hydrogen (secondary N) is 2. The number of carbonyl (C=O) groups is 2. The highest BCUT2D eigenvalue weighted by Gasteiger charge is 2.19. The minimum absolute atomic E-state index is 0.0226. The van der Waals surface area contributed by atoms with Crippen molar-refractivity contribution in [2.24, 2.45) is 0 Å². The Bertz CT molecular complexity index is 242. The molecule has 0 bridgehead atoms. The average molecular weight is 216 g/mol. The summed E-state index contributed by atoms with van der Waals surface area (Å²) in [6.45, 7) is 4.87. The van der Waals surface area contributed by atoms with Crippen molar-refractivity contribution in [3.8, 4) is 0 Å². The smallest absolute Gasteiger partial charge is 0.326 e. The Labute approximate surface area is 88.0 Å². The van der Waals surface area contributed by atoms with Gasteiger partial charge in [0.25, 0.3) is 0 Å². The highest BCUT2D eigenvalue weighted by molar-refractivity contribution is 5.82. The summed E-state index contributed by atoms with van der Waals surface area (Å²) in [5, 5.41) is 21.9. The molecule has 6 nitrogen and oxygen atoms in total.